The highest BCUT2D eigenvalue weighted by Crippen LogP contribution is 2.33. The maximum atomic E-state index is 12.4. The maximum absolute atomic E-state index is 12.4. The zero-order valence-electron chi connectivity index (χ0n) is 13.1. The van der Waals surface area contributed by atoms with Crippen LogP contribution < -0.4 is 16.4 Å². The third-order valence-corrected chi connectivity index (χ3v) is 4.78. The Morgan fingerprint density at radius 3 is 2.52 bits per heavy atom. The van der Waals surface area contributed by atoms with Crippen LogP contribution in [0.2, 0.25) is 0 Å². The van der Waals surface area contributed by atoms with Crippen molar-refractivity contribution in [1.29, 1.82) is 0 Å². The van der Waals surface area contributed by atoms with Crippen molar-refractivity contribution in [2.45, 2.75) is 50.6 Å². The first-order valence-electron chi connectivity index (χ1n) is 8.06. The molecule has 4 N–H and O–H groups in total. The van der Waals surface area contributed by atoms with Crippen molar-refractivity contribution < 1.29 is 9.59 Å². The molecule has 5 nitrogen and oxygen atoms in total. The molecule has 1 saturated heterocycles. The second-order valence-electron chi connectivity index (χ2n) is 6.44. The molecule has 126 valence electrons. The predicted molar refractivity (Wildman–Crippen MR) is 92.5 cm³/mol. The van der Waals surface area contributed by atoms with Gasteiger partial charge in [0, 0.05) is 11.7 Å². The fourth-order valence-corrected chi connectivity index (χ4v) is 3.66. The number of amides is 2. The summed E-state index contributed by atoms with van der Waals surface area (Å²) in [4.78, 5) is 23.2. The van der Waals surface area contributed by atoms with Gasteiger partial charge in [0.1, 0.15) is 0 Å². The van der Waals surface area contributed by atoms with E-state index in [9.17, 15) is 9.59 Å². The van der Waals surface area contributed by atoms with Crippen LogP contribution in [0.4, 0.5) is 5.69 Å². The first-order valence-corrected chi connectivity index (χ1v) is 8.06. The van der Waals surface area contributed by atoms with Gasteiger partial charge in [-0.25, -0.2) is 0 Å². The van der Waals surface area contributed by atoms with Crippen LogP contribution in [0.1, 0.15) is 37.7 Å². The van der Waals surface area contributed by atoms with Crippen molar-refractivity contribution in [3.05, 3.63) is 29.8 Å². The number of benzene rings is 1. The number of nitrogens with one attached hydrogen (secondary N) is 2. The molecule has 1 aromatic rings. The summed E-state index contributed by atoms with van der Waals surface area (Å²) in [6.45, 7) is 0. The number of fused-ring (bicyclic) bond motifs is 1. The standard InChI is InChI=1S/C17H23N3O2.ClH/c18-16(21)9-11-5-7-13(8-6-11)19-17(22)15-10-12-3-1-2-4-14(12)20-15;/h5-8,12,14-15,20H,1-4,9-10H2,(H2,18,21)(H,19,22);1H. The number of carbonyl (C=O) groups excluding carboxylic acids is 2. The molecule has 6 heteroatoms. The van der Waals surface area contributed by atoms with Crippen LogP contribution in [0.5, 0.6) is 0 Å². The molecule has 1 aromatic carbocycles. The van der Waals surface area contributed by atoms with Gasteiger partial charge in [-0.1, -0.05) is 25.0 Å². The molecule has 2 amide bonds. The number of anilines is 1. The summed E-state index contributed by atoms with van der Waals surface area (Å²) in [5.74, 6) is 0.342. The molecule has 0 aromatic heterocycles. The summed E-state index contributed by atoms with van der Waals surface area (Å²) in [7, 11) is 0. The molecule has 0 bridgehead atoms. The SMILES string of the molecule is Cl.NC(=O)Cc1ccc(NC(=O)C2CC3CCCCC3N2)cc1. The molecular formula is C17H24ClN3O2. The number of carbonyl (C=O) groups is 2. The summed E-state index contributed by atoms with van der Waals surface area (Å²) in [5.41, 5.74) is 6.78. The van der Waals surface area contributed by atoms with Gasteiger partial charge in [-0.05, 0) is 42.9 Å². The fraction of sp³-hybridized carbons (Fsp3) is 0.529. The number of primary amides is 1. The normalized spacial score (nSPS) is 26.0. The number of rotatable bonds is 4. The summed E-state index contributed by atoms with van der Waals surface area (Å²) < 4.78 is 0. The Morgan fingerprint density at radius 2 is 1.87 bits per heavy atom. The number of hydrogen-bond donors (Lipinski definition) is 3. The first-order chi connectivity index (χ1) is 10.6. The van der Waals surface area contributed by atoms with E-state index in [1.807, 2.05) is 24.3 Å². The molecule has 23 heavy (non-hydrogen) atoms. The minimum absolute atomic E-state index is 0. The molecule has 0 spiro atoms. The highest BCUT2D eigenvalue weighted by molar-refractivity contribution is 5.95. The monoisotopic (exact) mass is 337 g/mol. The van der Waals surface area contributed by atoms with Gasteiger partial charge in [-0.3, -0.25) is 9.59 Å². The van der Waals surface area contributed by atoms with Crippen molar-refractivity contribution in [2.24, 2.45) is 11.7 Å². The molecule has 3 rings (SSSR count). The molecule has 2 aliphatic rings. The second-order valence-corrected chi connectivity index (χ2v) is 6.44. The Bertz CT molecular complexity index is 547. The minimum atomic E-state index is -0.352. The average Bonchev–Trinajstić information content (AvgIpc) is 2.93. The summed E-state index contributed by atoms with van der Waals surface area (Å²) >= 11 is 0. The van der Waals surface area contributed by atoms with Crippen molar-refractivity contribution in [3.8, 4) is 0 Å². The molecule has 3 unspecified atom stereocenters. The number of halogens is 1. The van der Waals surface area contributed by atoms with E-state index in [0.29, 0.717) is 12.0 Å². The van der Waals surface area contributed by atoms with Gasteiger partial charge in [-0.2, -0.15) is 0 Å². The van der Waals surface area contributed by atoms with Crippen LogP contribution in [0.25, 0.3) is 0 Å². The molecule has 0 radical (unpaired) electrons. The first kappa shape index (κ1) is 17.8. The average molecular weight is 338 g/mol. The summed E-state index contributed by atoms with van der Waals surface area (Å²) in [6, 6.07) is 7.71. The van der Waals surface area contributed by atoms with E-state index in [4.69, 9.17) is 5.73 Å². The second kappa shape index (κ2) is 7.79. The lowest BCUT2D eigenvalue weighted by Crippen LogP contribution is -2.39. The highest BCUT2D eigenvalue weighted by Gasteiger charge is 2.38. The molecule has 1 aliphatic heterocycles. The van der Waals surface area contributed by atoms with Crippen LogP contribution in [-0.2, 0) is 16.0 Å². The molecule has 1 heterocycles. The lowest BCUT2D eigenvalue weighted by Gasteiger charge is -2.24. The van der Waals surface area contributed by atoms with Gasteiger partial charge < -0.3 is 16.4 Å². The van der Waals surface area contributed by atoms with E-state index in [0.717, 1.165) is 17.7 Å². The van der Waals surface area contributed by atoms with Crippen molar-refractivity contribution in [3.63, 3.8) is 0 Å². The Morgan fingerprint density at radius 1 is 1.17 bits per heavy atom. The van der Waals surface area contributed by atoms with E-state index in [2.05, 4.69) is 10.6 Å². The maximum Gasteiger partial charge on any atom is 0.241 e. The van der Waals surface area contributed by atoms with E-state index in [1.54, 1.807) is 0 Å². The number of hydrogen-bond acceptors (Lipinski definition) is 3. The van der Waals surface area contributed by atoms with Crippen LogP contribution in [0.3, 0.4) is 0 Å². The van der Waals surface area contributed by atoms with Gasteiger partial charge in [0.05, 0.1) is 12.5 Å². The smallest absolute Gasteiger partial charge is 0.241 e. The Labute approximate surface area is 142 Å². The van der Waals surface area contributed by atoms with Crippen molar-refractivity contribution in [2.75, 3.05) is 5.32 Å². The third kappa shape index (κ3) is 4.45. The van der Waals surface area contributed by atoms with Gasteiger partial charge >= 0.3 is 0 Å². The van der Waals surface area contributed by atoms with Crippen LogP contribution >= 0.6 is 12.4 Å². The van der Waals surface area contributed by atoms with Gasteiger partial charge in [0.25, 0.3) is 0 Å². The molecule has 1 aliphatic carbocycles. The third-order valence-electron chi connectivity index (χ3n) is 4.78. The minimum Gasteiger partial charge on any atom is -0.369 e. The summed E-state index contributed by atoms with van der Waals surface area (Å²) in [6.07, 6.45) is 6.15. The van der Waals surface area contributed by atoms with E-state index in [1.165, 1.54) is 25.7 Å². The zero-order valence-corrected chi connectivity index (χ0v) is 13.9. The fourth-order valence-electron chi connectivity index (χ4n) is 3.66. The van der Waals surface area contributed by atoms with Gasteiger partial charge in [0.15, 0.2) is 0 Å². The molecule has 3 atom stereocenters. The van der Waals surface area contributed by atoms with Gasteiger partial charge in [0.2, 0.25) is 11.8 Å². The Hall–Kier alpha value is -1.59. The lowest BCUT2D eigenvalue weighted by atomic mass is 9.85. The van der Waals surface area contributed by atoms with Gasteiger partial charge in [-0.15, -0.1) is 12.4 Å². The topological polar surface area (TPSA) is 84.2 Å². The van der Waals surface area contributed by atoms with Crippen LogP contribution in [0.15, 0.2) is 24.3 Å². The molecule has 2 fully saturated rings. The quantitative estimate of drug-likeness (QED) is 0.785. The van der Waals surface area contributed by atoms with Crippen LogP contribution in [0, 0.1) is 5.92 Å². The van der Waals surface area contributed by atoms with E-state index in [-0.39, 0.29) is 36.7 Å². The van der Waals surface area contributed by atoms with E-state index < -0.39 is 0 Å². The van der Waals surface area contributed by atoms with Crippen LogP contribution in [-0.4, -0.2) is 23.9 Å². The largest absolute Gasteiger partial charge is 0.369 e. The predicted octanol–water partition coefficient (Wildman–Crippen LogP) is 2.00. The van der Waals surface area contributed by atoms with Crippen molar-refractivity contribution >= 4 is 29.9 Å². The number of nitrogens with two attached hydrogens (primary N) is 1. The zero-order chi connectivity index (χ0) is 15.5. The van der Waals surface area contributed by atoms with E-state index >= 15 is 0 Å². The Balaban J connectivity index is 0.00000192. The highest BCUT2D eigenvalue weighted by atomic mass is 35.5. The Kier molecular flexibility index (Phi) is 6.02. The summed E-state index contributed by atoms with van der Waals surface area (Å²) in [5, 5.41) is 6.43. The lowest BCUT2D eigenvalue weighted by molar-refractivity contribution is -0.118. The molecule has 1 saturated carbocycles. The van der Waals surface area contributed by atoms with Crippen molar-refractivity contribution in [1.82, 2.24) is 5.32 Å². The molecular weight excluding hydrogens is 314 g/mol.